The van der Waals surface area contributed by atoms with Crippen molar-refractivity contribution in [3.05, 3.63) is 24.3 Å². The lowest BCUT2D eigenvalue weighted by Gasteiger charge is -2.55. The van der Waals surface area contributed by atoms with Crippen LogP contribution in [-0.2, 0) is 19.1 Å². The molecule has 9 heteroatoms. The van der Waals surface area contributed by atoms with Crippen LogP contribution in [0.3, 0.4) is 0 Å². The van der Waals surface area contributed by atoms with E-state index in [2.05, 4.69) is 10.6 Å². The Morgan fingerprint density at radius 3 is 2.16 bits per heavy atom. The Labute approximate surface area is 183 Å². The maximum Gasteiger partial charge on any atom is 0.325 e. The van der Waals surface area contributed by atoms with Crippen molar-refractivity contribution >= 4 is 35.2 Å². The number of alkyl halides is 2. The van der Waals surface area contributed by atoms with E-state index in [-0.39, 0.29) is 17.9 Å². The first-order valence-corrected chi connectivity index (χ1v) is 11.5. The smallest absolute Gasteiger partial charge is 0.325 e. The highest BCUT2D eigenvalue weighted by Crippen LogP contribution is 2.60. The van der Waals surface area contributed by atoms with Gasteiger partial charge in [-0.05, 0) is 80.5 Å². The number of benzene rings is 1. The van der Waals surface area contributed by atoms with Crippen molar-refractivity contribution in [3.63, 3.8) is 0 Å². The molecule has 0 spiro atoms. The molecule has 1 aromatic rings. The molecule has 31 heavy (non-hydrogen) atoms. The van der Waals surface area contributed by atoms with Gasteiger partial charge < -0.3 is 15.4 Å². The van der Waals surface area contributed by atoms with Gasteiger partial charge in [0, 0.05) is 16.0 Å². The van der Waals surface area contributed by atoms with Crippen LogP contribution in [0.25, 0.3) is 0 Å². The number of thioether (sulfide) groups is 1. The second-order valence-electron chi connectivity index (χ2n) is 8.99. The fourth-order valence-corrected chi connectivity index (χ4v) is 6.34. The number of esters is 1. The fraction of sp³-hybridized carbons (Fsp3) is 0.591. The van der Waals surface area contributed by atoms with Crippen LogP contribution < -0.4 is 10.6 Å². The maximum absolute atomic E-state index is 12.8. The van der Waals surface area contributed by atoms with Crippen molar-refractivity contribution < 1.29 is 27.9 Å². The number of anilines is 1. The van der Waals surface area contributed by atoms with Crippen molar-refractivity contribution in [1.29, 1.82) is 0 Å². The highest BCUT2D eigenvalue weighted by atomic mass is 32.2. The van der Waals surface area contributed by atoms with Gasteiger partial charge in [0.2, 0.25) is 5.91 Å². The fourth-order valence-electron chi connectivity index (χ4n) is 5.84. The number of hydrogen-bond acceptors (Lipinski definition) is 5. The van der Waals surface area contributed by atoms with Gasteiger partial charge in [-0.2, -0.15) is 8.78 Å². The molecular formula is C22H26F2N2O4S. The van der Waals surface area contributed by atoms with E-state index in [0.29, 0.717) is 40.1 Å². The number of carbonyl (C=O) groups is 3. The molecule has 0 aliphatic heterocycles. The Bertz CT molecular complexity index is 811. The van der Waals surface area contributed by atoms with E-state index in [0.717, 1.165) is 19.3 Å². The third-order valence-corrected chi connectivity index (χ3v) is 7.36. The van der Waals surface area contributed by atoms with Crippen LogP contribution in [0, 0.1) is 23.2 Å². The summed E-state index contributed by atoms with van der Waals surface area (Å²) in [5.74, 6) is -1.88. The Kier molecular flexibility index (Phi) is 6.50. The number of halogens is 2. The first-order valence-electron chi connectivity index (χ1n) is 10.6. The summed E-state index contributed by atoms with van der Waals surface area (Å²) in [6, 6.07) is 5.93. The number of amides is 2. The number of ether oxygens (including phenoxy) is 1. The summed E-state index contributed by atoms with van der Waals surface area (Å²) in [5, 5.41) is 5.26. The molecule has 0 radical (unpaired) electrons. The zero-order chi connectivity index (χ0) is 22.0. The lowest BCUT2D eigenvalue weighted by molar-refractivity contribution is -0.152. The summed E-state index contributed by atoms with van der Waals surface area (Å²) in [4.78, 5) is 37.1. The predicted octanol–water partition coefficient (Wildman–Crippen LogP) is 3.82. The molecule has 2 amide bonds. The SMILES string of the molecule is O=C(COC(=O)CNC(=O)C12CC3CC(CC(C3)C1)C2)Nc1ccc(SC(F)F)cc1. The maximum atomic E-state index is 12.8. The molecule has 4 saturated carbocycles. The summed E-state index contributed by atoms with van der Waals surface area (Å²) in [5.41, 5.74) is 0.0797. The highest BCUT2D eigenvalue weighted by Gasteiger charge is 2.54. The average molecular weight is 453 g/mol. The van der Waals surface area contributed by atoms with Crippen molar-refractivity contribution in [2.45, 2.75) is 49.2 Å². The van der Waals surface area contributed by atoms with Gasteiger partial charge in [0.05, 0.1) is 0 Å². The van der Waals surface area contributed by atoms with Gasteiger partial charge in [-0.15, -0.1) is 0 Å². The van der Waals surface area contributed by atoms with Crippen LogP contribution in [0.15, 0.2) is 29.2 Å². The summed E-state index contributed by atoms with van der Waals surface area (Å²) in [6.45, 7) is -0.743. The molecule has 5 rings (SSSR count). The highest BCUT2D eigenvalue weighted by molar-refractivity contribution is 7.99. The third-order valence-electron chi connectivity index (χ3n) is 6.64. The van der Waals surface area contributed by atoms with E-state index < -0.39 is 24.2 Å². The Balaban J connectivity index is 1.18. The topological polar surface area (TPSA) is 84.5 Å². The Morgan fingerprint density at radius 2 is 1.61 bits per heavy atom. The minimum absolute atomic E-state index is 0.0604. The zero-order valence-corrected chi connectivity index (χ0v) is 17.9. The van der Waals surface area contributed by atoms with E-state index in [1.165, 1.54) is 43.5 Å². The van der Waals surface area contributed by atoms with E-state index in [1.807, 2.05) is 0 Å². The number of carbonyl (C=O) groups excluding carboxylic acids is 3. The number of nitrogens with one attached hydrogen (secondary N) is 2. The minimum Gasteiger partial charge on any atom is -0.454 e. The molecule has 4 bridgehead atoms. The molecule has 0 saturated heterocycles. The Hall–Kier alpha value is -2.16. The lowest BCUT2D eigenvalue weighted by atomic mass is 9.49. The van der Waals surface area contributed by atoms with Gasteiger partial charge in [-0.25, -0.2) is 0 Å². The molecule has 0 unspecified atom stereocenters. The van der Waals surface area contributed by atoms with Crippen LogP contribution in [0.4, 0.5) is 14.5 Å². The molecule has 4 aliphatic carbocycles. The molecule has 0 atom stereocenters. The van der Waals surface area contributed by atoms with E-state index in [1.54, 1.807) is 0 Å². The molecule has 4 fully saturated rings. The van der Waals surface area contributed by atoms with Crippen LogP contribution in [0.5, 0.6) is 0 Å². The molecule has 4 aliphatic rings. The van der Waals surface area contributed by atoms with Gasteiger partial charge in [-0.1, -0.05) is 11.8 Å². The largest absolute Gasteiger partial charge is 0.454 e. The molecule has 6 nitrogen and oxygen atoms in total. The monoisotopic (exact) mass is 452 g/mol. The zero-order valence-electron chi connectivity index (χ0n) is 17.1. The third kappa shape index (κ3) is 5.37. The van der Waals surface area contributed by atoms with E-state index in [9.17, 15) is 23.2 Å². The van der Waals surface area contributed by atoms with Crippen LogP contribution >= 0.6 is 11.8 Å². The van der Waals surface area contributed by atoms with Crippen molar-refractivity contribution in [1.82, 2.24) is 5.32 Å². The lowest BCUT2D eigenvalue weighted by Crippen LogP contribution is -2.54. The predicted molar refractivity (Wildman–Crippen MR) is 112 cm³/mol. The molecule has 168 valence electrons. The summed E-state index contributed by atoms with van der Waals surface area (Å²) < 4.78 is 29.6. The van der Waals surface area contributed by atoms with Crippen LogP contribution in [0.1, 0.15) is 38.5 Å². The van der Waals surface area contributed by atoms with Gasteiger partial charge in [0.25, 0.3) is 11.7 Å². The molecule has 2 N–H and O–H groups in total. The van der Waals surface area contributed by atoms with E-state index >= 15 is 0 Å². The summed E-state index contributed by atoms with van der Waals surface area (Å²) in [6.07, 6.45) is 6.44. The van der Waals surface area contributed by atoms with Crippen molar-refractivity contribution in [2.24, 2.45) is 23.2 Å². The molecular weight excluding hydrogens is 426 g/mol. The quantitative estimate of drug-likeness (QED) is 0.463. The van der Waals surface area contributed by atoms with Crippen LogP contribution in [0.2, 0.25) is 0 Å². The number of rotatable bonds is 8. The molecule has 0 aromatic heterocycles. The normalized spacial score (nSPS) is 28.4. The van der Waals surface area contributed by atoms with Gasteiger partial charge in [-0.3, -0.25) is 14.4 Å². The van der Waals surface area contributed by atoms with Gasteiger partial charge in [0.15, 0.2) is 6.61 Å². The second kappa shape index (κ2) is 9.14. The van der Waals surface area contributed by atoms with Gasteiger partial charge in [0.1, 0.15) is 6.54 Å². The van der Waals surface area contributed by atoms with Crippen molar-refractivity contribution in [3.8, 4) is 0 Å². The Morgan fingerprint density at radius 1 is 1.03 bits per heavy atom. The summed E-state index contributed by atoms with van der Waals surface area (Å²) in [7, 11) is 0. The van der Waals surface area contributed by atoms with E-state index in [4.69, 9.17) is 4.74 Å². The molecule has 0 heterocycles. The van der Waals surface area contributed by atoms with Crippen molar-refractivity contribution in [2.75, 3.05) is 18.5 Å². The average Bonchev–Trinajstić information content (AvgIpc) is 2.70. The first kappa shape index (κ1) is 22.0. The standard InChI is InChI=1S/C22H26F2N2O4S/c23-21(24)31-17-3-1-16(2-4-17)26-18(27)12-30-19(28)11-25-20(29)22-8-13-5-14(9-22)7-15(6-13)10-22/h1-4,13-15,21H,5-12H2,(H,25,29)(H,26,27). The first-order chi connectivity index (χ1) is 14.8. The number of hydrogen-bond donors (Lipinski definition) is 2. The minimum atomic E-state index is -2.51. The summed E-state index contributed by atoms with van der Waals surface area (Å²) >= 11 is 0.416. The second-order valence-corrected chi connectivity index (χ2v) is 10.1. The van der Waals surface area contributed by atoms with Gasteiger partial charge >= 0.3 is 5.97 Å². The molecule has 1 aromatic carbocycles. The van der Waals surface area contributed by atoms with Crippen LogP contribution in [-0.4, -0.2) is 36.7 Å².